The average Bonchev–Trinajstić information content (AvgIpc) is 2.77. The summed E-state index contributed by atoms with van der Waals surface area (Å²) >= 11 is 0. The molecule has 0 spiro atoms. The number of aromatic nitrogens is 2. The number of nitrogen functional groups attached to an aromatic ring is 2. The van der Waals surface area contributed by atoms with Crippen LogP contribution in [0, 0.1) is 0 Å². The molecule has 0 bridgehead atoms. The van der Waals surface area contributed by atoms with Crippen molar-refractivity contribution in [3.63, 3.8) is 0 Å². The van der Waals surface area contributed by atoms with E-state index in [1.54, 1.807) is 13.3 Å². The second-order valence-corrected chi connectivity index (χ2v) is 5.31. The van der Waals surface area contributed by atoms with Crippen LogP contribution in [0.1, 0.15) is 18.1 Å². The molecule has 1 atom stereocenters. The first-order valence-corrected chi connectivity index (χ1v) is 6.89. The van der Waals surface area contributed by atoms with Gasteiger partial charge in [-0.25, -0.2) is 4.98 Å². The van der Waals surface area contributed by atoms with Gasteiger partial charge in [-0.2, -0.15) is 4.98 Å². The van der Waals surface area contributed by atoms with Crippen LogP contribution in [0.25, 0.3) is 0 Å². The van der Waals surface area contributed by atoms with Crippen LogP contribution in [-0.2, 0) is 13.0 Å². The second-order valence-electron chi connectivity index (χ2n) is 5.31. The van der Waals surface area contributed by atoms with Crippen molar-refractivity contribution in [1.29, 1.82) is 0 Å². The fourth-order valence-electron chi connectivity index (χ4n) is 2.78. The molecule has 1 aromatic heterocycles. The maximum Gasteiger partial charge on any atom is 0.221 e. The second kappa shape index (κ2) is 5.12. The normalized spacial score (nSPS) is 16.9. The Morgan fingerprint density at radius 3 is 2.90 bits per heavy atom. The van der Waals surface area contributed by atoms with Crippen LogP contribution in [-0.4, -0.2) is 23.1 Å². The first kappa shape index (κ1) is 13.5. The SMILES string of the molecule is COc1ccc2c(c1)CC(C)N2Cc1cnc(N)nc1N. The third kappa shape index (κ3) is 2.44. The molecular formula is C15H19N5O. The Balaban J connectivity index is 1.90. The first-order valence-electron chi connectivity index (χ1n) is 6.89. The van der Waals surface area contributed by atoms with Gasteiger partial charge < -0.3 is 21.1 Å². The van der Waals surface area contributed by atoms with Crippen molar-refractivity contribution in [3.05, 3.63) is 35.5 Å². The van der Waals surface area contributed by atoms with E-state index in [0.29, 0.717) is 18.4 Å². The summed E-state index contributed by atoms with van der Waals surface area (Å²) in [6.07, 6.45) is 2.69. The number of hydrogen-bond acceptors (Lipinski definition) is 6. The van der Waals surface area contributed by atoms with Crippen LogP contribution in [0.15, 0.2) is 24.4 Å². The molecule has 6 nitrogen and oxygen atoms in total. The summed E-state index contributed by atoms with van der Waals surface area (Å²) in [5.41, 5.74) is 14.9. The number of methoxy groups -OCH3 is 1. The van der Waals surface area contributed by atoms with Crippen molar-refractivity contribution in [1.82, 2.24) is 9.97 Å². The fourth-order valence-corrected chi connectivity index (χ4v) is 2.78. The standard InChI is InChI=1S/C15H19N5O/c1-9-5-10-6-12(21-2)3-4-13(10)20(9)8-11-7-18-15(17)19-14(11)16/h3-4,6-7,9H,5,8H2,1-2H3,(H4,16,17,18,19). The van der Waals surface area contributed by atoms with Crippen LogP contribution in [0.2, 0.25) is 0 Å². The highest BCUT2D eigenvalue weighted by Gasteiger charge is 2.27. The summed E-state index contributed by atoms with van der Waals surface area (Å²) in [6.45, 7) is 2.87. The number of rotatable bonds is 3. The molecule has 0 aliphatic carbocycles. The Hall–Kier alpha value is -2.50. The molecule has 110 valence electrons. The van der Waals surface area contributed by atoms with Crippen molar-refractivity contribution in [3.8, 4) is 5.75 Å². The van der Waals surface area contributed by atoms with E-state index in [1.807, 2.05) is 6.07 Å². The Morgan fingerprint density at radius 1 is 1.38 bits per heavy atom. The number of ether oxygens (including phenoxy) is 1. The highest BCUT2D eigenvalue weighted by atomic mass is 16.5. The molecule has 6 heteroatoms. The summed E-state index contributed by atoms with van der Waals surface area (Å²) in [6, 6.07) is 6.55. The molecule has 0 saturated heterocycles. The van der Waals surface area contributed by atoms with Crippen molar-refractivity contribution < 1.29 is 4.74 Å². The predicted octanol–water partition coefficient (Wildman–Crippen LogP) is 1.60. The van der Waals surface area contributed by atoms with Gasteiger partial charge in [0.05, 0.1) is 7.11 Å². The minimum Gasteiger partial charge on any atom is -0.497 e. The minimum absolute atomic E-state index is 0.204. The highest BCUT2D eigenvalue weighted by molar-refractivity contribution is 5.62. The lowest BCUT2D eigenvalue weighted by atomic mass is 10.1. The van der Waals surface area contributed by atoms with E-state index in [1.165, 1.54) is 11.3 Å². The zero-order valence-corrected chi connectivity index (χ0v) is 12.2. The maximum absolute atomic E-state index is 5.93. The molecule has 0 amide bonds. The van der Waals surface area contributed by atoms with Crippen molar-refractivity contribution in [2.24, 2.45) is 0 Å². The van der Waals surface area contributed by atoms with Crippen LogP contribution in [0.3, 0.4) is 0 Å². The Labute approximate surface area is 123 Å². The summed E-state index contributed by atoms with van der Waals surface area (Å²) in [5, 5.41) is 0. The van der Waals surface area contributed by atoms with Gasteiger partial charge in [-0.1, -0.05) is 0 Å². The van der Waals surface area contributed by atoms with Gasteiger partial charge in [-0.15, -0.1) is 0 Å². The molecule has 2 aromatic rings. The minimum atomic E-state index is 0.204. The monoisotopic (exact) mass is 285 g/mol. The number of fused-ring (bicyclic) bond motifs is 1. The molecule has 0 radical (unpaired) electrons. The van der Waals surface area contributed by atoms with Gasteiger partial charge in [0.15, 0.2) is 0 Å². The van der Waals surface area contributed by atoms with Gasteiger partial charge in [-0.05, 0) is 37.1 Å². The van der Waals surface area contributed by atoms with Gasteiger partial charge in [0.25, 0.3) is 0 Å². The zero-order chi connectivity index (χ0) is 15.0. The number of hydrogen-bond donors (Lipinski definition) is 2. The zero-order valence-electron chi connectivity index (χ0n) is 12.2. The maximum atomic E-state index is 5.93. The molecule has 1 aliphatic rings. The van der Waals surface area contributed by atoms with E-state index >= 15 is 0 Å². The van der Waals surface area contributed by atoms with Crippen molar-refractivity contribution in [2.45, 2.75) is 25.9 Å². The molecule has 1 aliphatic heterocycles. The number of anilines is 3. The Bertz CT molecular complexity index is 673. The van der Waals surface area contributed by atoms with Gasteiger partial charge in [0.1, 0.15) is 11.6 Å². The summed E-state index contributed by atoms with van der Waals surface area (Å²) in [4.78, 5) is 10.4. The molecule has 4 N–H and O–H groups in total. The van der Waals surface area contributed by atoms with Crippen molar-refractivity contribution in [2.75, 3.05) is 23.5 Å². The van der Waals surface area contributed by atoms with E-state index < -0.39 is 0 Å². The van der Waals surface area contributed by atoms with Gasteiger partial charge in [-0.3, -0.25) is 0 Å². The third-order valence-corrected chi connectivity index (χ3v) is 3.90. The molecule has 0 fully saturated rings. The fraction of sp³-hybridized carbons (Fsp3) is 0.333. The molecule has 2 heterocycles. The number of benzene rings is 1. The van der Waals surface area contributed by atoms with Crippen LogP contribution >= 0.6 is 0 Å². The van der Waals surface area contributed by atoms with Crippen LogP contribution in [0.4, 0.5) is 17.5 Å². The molecule has 0 saturated carbocycles. The molecular weight excluding hydrogens is 266 g/mol. The third-order valence-electron chi connectivity index (χ3n) is 3.90. The van der Waals surface area contributed by atoms with Gasteiger partial charge in [0, 0.05) is 30.0 Å². The largest absolute Gasteiger partial charge is 0.497 e. The quantitative estimate of drug-likeness (QED) is 0.890. The predicted molar refractivity (Wildman–Crippen MR) is 83.2 cm³/mol. The average molecular weight is 285 g/mol. The molecule has 3 rings (SSSR count). The van der Waals surface area contributed by atoms with Crippen LogP contribution in [0.5, 0.6) is 5.75 Å². The van der Waals surface area contributed by atoms with E-state index in [2.05, 4.69) is 33.9 Å². The van der Waals surface area contributed by atoms with Gasteiger partial charge >= 0.3 is 0 Å². The first-order chi connectivity index (χ1) is 10.1. The van der Waals surface area contributed by atoms with Crippen molar-refractivity contribution >= 4 is 17.5 Å². The summed E-state index contributed by atoms with van der Waals surface area (Å²) in [5.74, 6) is 1.53. The lowest BCUT2D eigenvalue weighted by molar-refractivity contribution is 0.414. The summed E-state index contributed by atoms with van der Waals surface area (Å²) in [7, 11) is 1.68. The molecule has 1 aromatic carbocycles. The smallest absolute Gasteiger partial charge is 0.221 e. The van der Waals surface area contributed by atoms with Gasteiger partial charge in [0.2, 0.25) is 5.95 Å². The lowest BCUT2D eigenvalue weighted by Gasteiger charge is -2.25. The Morgan fingerprint density at radius 2 is 2.19 bits per heavy atom. The summed E-state index contributed by atoms with van der Waals surface area (Å²) < 4.78 is 5.29. The van der Waals surface area contributed by atoms with Crippen LogP contribution < -0.4 is 21.1 Å². The van der Waals surface area contributed by atoms with E-state index in [-0.39, 0.29) is 5.95 Å². The molecule has 1 unspecified atom stereocenters. The highest BCUT2D eigenvalue weighted by Crippen LogP contribution is 2.36. The van der Waals surface area contributed by atoms with E-state index in [4.69, 9.17) is 16.2 Å². The van der Waals surface area contributed by atoms with E-state index in [9.17, 15) is 0 Å². The van der Waals surface area contributed by atoms with E-state index in [0.717, 1.165) is 17.7 Å². The lowest BCUT2D eigenvalue weighted by Crippen LogP contribution is -2.29. The topological polar surface area (TPSA) is 90.3 Å². The number of nitrogens with two attached hydrogens (primary N) is 2. The number of nitrogens with zero attached hydrogens (tertiary/aromatic N) is 3. The Kier molecular flexibility index (Phi) is 3.29. The molecule has 21 heavy (non-hydrogen) atoms.